The Morgan fingerprint density at radius 2 is 1.90 bits per heavy atom. The second-order valence-corrected chi connectivity index (χ2v) is 7.18. The highest BCUT2D eigenvalue weighted by atomic mass is 32.2. The number of hydrogen-bond acceptors (Lipinski definition) is 5. The Balaban J connectivity index is 2.70. The summed E-state index contributed by atoms with van der Waals surface area (Å²) in [6.45, 7) is 2.34. The third-order valence-corrected chi connectivity index (χ3v) is 5.11. The van der Waals surface area contributed by atoms with Crippen molar-refractivity contribution in [3.05, 3.63) is 23.8 Å². The number of rotatable bonds is 8. The molecule has 0 aliphatic carbocycles. The van der Waals surface area contributed by atoms with Gasteiger partial charge in [-0.2, -0.15) is 0 Å². The van der Waals surface area contributed by atoms with Crippen LogP contribution in [0.5, 0.6) is 11.5 Å². The molecule has 1 N–H and O–H groups in total. The van der Waals surface area contributed by atoms with E-state index in [0.29, 0.717) is 12.3 Å². The summed E-state index contributed by atoms with van der Waals surface area (Å²) in [7, 11) is 3.08. The maximum absolute atomic E-state index is 11.7. The molecule has 1 atom stereocenters. The van der Waals surface area contributed by atoms with Crippen molar-refractivity contribution in [2.45, 2.75) is 13.0 Å². The van der Waals surface area contributed by atoms with E-state index in [1.54, 1.807) is 14.2 Å². The van der Waals surface area contributed by atoms with Crippen LogP contribution in [0.25, 0.3) is 0 Å². The molecule has 6 nitrogen and oxygen atoms in total. The standard InChI is InChI=1S/C14H24N2O4S/c1-11(15-8-9-21(17,18)16(2)3)13-7-6-12(19-4)10-14(13)20-5/h6-7,10-11,15H,8-9H2,1-5H3. The number of methoxy groups -OCH3 is 2. The summed E-state index contributed by atoms with van der Waals surface area (Å²) in [5.74, 6) is 1.49. The number of sulfonamides is 1. The van der Waals surface area contributed by atoms with Crippen LogP contribution in [0.4, 0.5) is 0 Å². The predicted molar refractivity (Wildman–Crippen MR) is 83.4 cm³/mol. The lowest BCUT2D eigenvalue weighted by atomic mass is 10.1. The summed E-state index contributed by atoms with van der Waals surface area (Å²) in [6.07, 6.45) is 0. The molecule has 0 saturated heterocycles. The highest BCUT2D eigenvalue weighted by Crippen LogP contribution is 2.29. The van der Waals surface area contributed by atoms with Crippen LogP contribution in [-0.2, 0) is 10.0 Å². The Labute approximate surface area is 127 Å². The SMILES string of the molecule is COc1ccc(C(C)NCCS(=O)(=O)N(C)C)c(OC)c1. The van der Waals surface area contributed by atoms with Crippen LogP contribution in [0.3, 0.4) is 0 Å². The van der Waals surface area contributed by atoms with Gasteiger partial charge in [0.15, 0.2) is 0 Å². The second-order valence-electron chi connectivity index (χ2n) is 4.88. The molecule has 1 unspecified atom stereocenters. The van der Waals surface area contributed by atoms with Crippen molar-refractivity contribution in [1.29, 1.82) is 0 Å². The Kier molecular flexibility index (Phi) is 6.44. The van der Waals surface area contributed by atoms with E-state index in [1.807, 2.05) is 25.1 Å². The van der Waals surface area contributed by atoms with Crippen molar-refractivity contribution in [2.75, 3.05) is 40.6 Å². The minimum Gasteiger partial charge on any atom is -0.497 e. The number of nitrogens with one attached hydrogen (secondary N) is 1. The summed E-state index contributed by atoms with van der Waals surface area (Å²) in [5.41, 5.74) is 0.959. The van der Waals surface area contributed by atoms with Gasteiger partial charge in [0, 0.05) is 38.3 Å². The van der Waals surface area contributed by atoms with E-state index in [2.05, 4.69) is 5.32 Å². The maximum atomic E-state index is 11.7. The van der Waals surface area contributed by atoms with Crippen LogP contribution in [0, 0.1) is 0 Å². The van der Waals surface area contributed by atoms with Gasteiger partial charge < -0.3 is 14.8 Å². The molecule has 0 aliphatic rings. The van der Waals surface area contributed by atoms with Gasteiger partial charge in [0.25, 0.3) is 0 Å². The monoisotopic (exact) mass is 316 g/mol. The van der Waals surface area contributed by atoms with E-state index in [1.165, 1.54) is 18.4 Å². The second kappa shape index (κ2) is 7.63. The molecule has 0 amide bonds. The van der Waals surface area contributed by atoms with Crippen LogP contribution < -0.4 is 14.8 Å². The van der Waals surface area contributed by atoms with Crippen LogP contribution in [0.1, 0.15) is 18.5 Å². The van der Waals surface area contributed by atoms with Crippen molar-refractivity contribution < 1.29 is 17.9 Å². The van der Waals surface area contributed by atoms with Gasteiger partial charge >= 0.3 is 0 Å². The molecule has 21 heavy (non-hydrogen) atoms. The first-order valence-corrected chi connectivity index (χ1v) is 8.28. The minimum atomic E-state index is -3.18. The Hall–Kier alpha value is -1.31. The first kappa shape index (κ1) is 17.7. The van der Waals surface area contributed by atoms with E-state index in [9.17, 15) is 8.42 Å². The first-order chi connectivity index (χ1) is 9.81. The molecule has 0 aliphatic heterocycles. The summed E-state index contributed by atoms with van der Waals surface area (Å²) >= 11 is 0. The smallest absolute Gasteiger partial charge is 0.214 e. The fourth-order valence-electron chi connectivity index (χ4n) is 1.87. The van der Waals surface area contributed by atoms with E-state index in [4.69, 9.17) is 9.47 Å². The number of benzene rings is 1. The van der Waals surface area contributed by atoms with E-state index < -0.39 is 10.0 Å². The molecule has 1 rings (SSSR count). The number of nitrogens with zero attached hydrogens (tertiary/aromatic N) is 1. The third-order valence-electron chi connectivity index (χ3n) is 3.27. The van der Waals surface area contributed by atoms with Crippen molar-refractivity contribution in [3.8, 4) is 11.5 Å². The zero-order valence-corrected chi connectivity index (χ0v) is 14.0. The van der Waals surface area contributed by atoms with Crippen LogP contribution in [0.15, 0.2) is 18.2 Å². The topological polar surface area (TPSA) is 67.9 Å². The molecule has 0 aromatic heterocycles. The molecule has 0 spiro atoms. The number of ether oxygens (including phenoxy) is 2. The largest absolute Gasteiger partial charge is 0.497 e. The van der Waals surface area contributed by atoms with E-state index >= 15 is 0 Å². The van der Waals surface area contributed by atoms with Crippen LogP contribution in [0.2, 0.25) is 0 Å². The van der Waals surface area contributed by atoms with Crippen LogP contribution >= 0.6 is 0 Å². The van der Waals surface area contributed by atoms with Crippen molar-refractivity contribution in [2.24, 2.45) is 0 Å². The molecular weight excluding hydrogens is 292 g/mol. The van der Waals surface area contributed by atoms with Crippen molar-refractivity contribution in [1.82, 2.24) is 9.62 Å². The average Bonchev–Trinajstić information content (AvgIpc) is 2.45. The minimum absolute atomic E-state index is 0.0248. The zero-order chi connectivity index (χ0) is 16.0. The molecule has 1 aromatic rings. The van der Waals surface area contributed by atoms with Gasteiger partial charge in [-0.1, -0.05) is 6.07 Å². The highest BCUT2D eigenvalue weighted by molar-refractivity contribution is 7.89. The quantitative estimate of drug-likeness (QED) is 0.782. The first-order valence-electron chi connectivity index (χ1n) is 6.67. The van der Waals surface area contributed by atoms with Gasteiger partial charge in [0.1, 0.15) is 11.5 Å². The number of hydrogen-bond donors (Lipinski definition) is 1. The summed E-state index contributed by atoms with van der Waals surface area (Å²) in [4.78, 5) is 0. The summed E-state index contributed by atoms with van der Waals surface area (Å²) in [5, 5.41) is 3.20. The third kappa shape index (κ3) is 4.87. The lowest BCUT2D eigenvalue weighted by molar-refractivity contribution is 0.386. The van der Waals surface area contributed by atoms with Gasteiger partial charge in [-0.25, -0.2) is 12.7 Å². The molecule has 1 aromatic carbocycles. The Bertz CT molecular complexity index is 558. The lowest BCUT2D eigenvalue weighted by Gasteiger charge is -2.19. The molecule has 0 bridgehead atoms. The van der Waals surface area contributed by atoms with Crippen molar-refractivity contribution in [3.63, 3.8) is 0 Å². The molecule has 0 fully saturated rings. The fraction of sp³-hybridized carbons (Fsp3) is 0.571. The molecule has 0 saturated carbocycles. The molecular formula is C14H24N2O4S. The molecule has 120 valence electrons. The van der Waals surface area contributed by atoms with Gasteiger partial charge in [-0.3, -0.25) is 0 Å². The van der Waals surface area contributed by atoms with E-state index in [-0.39, 0.29) is 11.8 Å². The summed E-state index contributed by atoms with van der Waals surface area (Å²) < 4.78 is 35.1. The molecule has 7 heteroatoms. The zero-order valence-electron chi connectivity index (χ0n) is 13.2. The van der Waals surface area contributed by atoms with E-state index in [0.717, 1.165) is 11.3 Å². The van der Waals surface area contributed by atoms with Crippen molar-refractivity contribution >= 4 is 10.0 Å². The Morgan fingerprint density at radius 1 is 1.24 bits per heavy atom. The van der Waals surface area contributed by atoms with Gasteiger partial charge in [-0.15, -0.1) is 0 Å². The average molecular weight is 316 g/mol. The maximum Gasteiger partial charge on any atom is 0.214 e. The van der Waals surface area contributed by atoms with Gasteiger partial charge in [-0.05, 0) is 13.0 Å². The van der Waals surface area contributed by atoms with Gasteiger partial charge in [0.2, 0.25) is 10.0 Å². The normalized spacial score (nSPS) is 13.2. The predicted octanol–water partition coefficient (Wildman–Crippen LogP) is 1.25. The van der Waals surface area contributed by atoms with Crippen LogP contribution in [-0.4, -0.2) is 53.3 Å². The molecule has 0 radical (unpaired) electrons. The highest BCUT2D eigenvalue weighted by Gasteiger charge is 2.16. The molecule has 0 heterocycles. The lowest BCUT2D eigenvalue weighted by Crippen LogP contribution is -2.32. The van der Waals surface area contributed by atoms with Gasteiger partial charge in [0.05, 0.1) is 20.0 Å². The summed E-state index contributed by atoms with van der Waals surface area (Å²) in [6, 6.07) is 5.55. The fourth-order valence-corrected chi connectivity index (χ4v) is 2.61. The Morgan fingerprint density at radius 3 is 2.43 bits per heavy atom.